The molecule has 102 valence electrons. The third-order valence-electron chi connectivity index (χ3n) is 2.74. The number of nitrogens with one attached hydrogen (secondary N) is 1. The molecule has 0 aromatic heterocycles. The summed E-state index contributed by atoms with van der Waals surface area (Å²) in [5, 5.41) is 2.90. The van der Waals surface area contributed by atoms with Crippen LogP contribution in [0, 0.1) is 0 Å². The Morgan fingerprint density at radius 1 is 1.17 bits per heavy atom. The van der Waals surface area contributed by atoms with Gasteiger partial charge in [-0.25, -0.2) is 0 Å². The molecule has 0 unspecified atom stereocenters. The molecule has 0 saturated carbocycles. The van der Waals surface area contributed by atoms with Crippen LogP contribution in [0.15, 0.2) is 18.2 Å². The van der Waals surface area contributed by atoms with E-state index in [0.29, 0.717) is 18.8 Å². The smallest absolute Gasteiger partial charge is 0.369 e. The van der Waals surface area contributed by atoms with Gasteiger partial charge in [0.15, 0.2) is 0 Å². The first kappa shape index (κ1) is 15.4. The number of halogens is 5. The molecule has 1 N–H and O–H groups in total. The van der Waals surface area contributed by atoms with Crippen molar-refractivity contribution in [1.82, 2.24) is 5.32 Å². The van der Waals surface area contributed by atoms with E-state index >= 15 is 0 Å². The van der Waals surface area contributed by atoms with E-state index < -0.39 is 11.7 Å². The number of anilines is 1. The summed E-state index contributed by atoms with van der Waals surface area (Å²) in [5.74, 6) is 0. The number of alkyl halides is 3. The molecule has 1 aliphatic heterocycles. The molecule has 1 aromatic carbocycles. The lowest BCUT2D eigenvalue weighted by molar-refractivity contribution is -0.137. The first-order chi connectivity index (χ1) is 7.98. The highest BCUT2D eigenvalue weighted by atomic mass is 35.5. The summed E-state index contributed by atoms with van der Waals surface area (Å²) < 4.78 is 38.0. The van der Waals surface area contributed by atoms with Crippen LogP contribution < -0.4 is 10.2 Å². The number of rotatable bonds is 1. The molecule has 2 rings (SSSR count). The monoisotopic (exact) mass is 300 g/mol. The predicted molar refractivity (Wildman–Crippen MR) is 68.8 cm³/mol. The summed E-state index contributed by atoms with van der Waals surface area (Å²) in [7, 11) is 0. The van der Waals surface area contributed by atoms with Gasteiger partial charge in [-0.3, -0.25) is 0 Å². The minimum atomic E-state index is -4.40. The highest BCUT2D eigenvalue weighted by Gasteiger charge is 2.33. The number of hydrogen-bond acceptors (Lipinski definition) is 2. The minimum absolute atomic E-state index is 0. The second kappa shape index (κ2) is 5.99. The Kier molecular flexibility index (Phi) is 5.13. The van der Waals surface area contributed by atoms with E-state index in [1.165, 1.54) is 6.07 Å². The second-order valence-electron chi connectivity index (χ2n) is 3.90. The molecule has 7 heteroatoms. The summed E-state index contributed by atoms with van der Waals surface area (Å²) in [4.78, 5) is 1.92. The summed E-state index contributed by atoms with van der Waals surface area (Å²) in [5.41, 5.74) is -0.196. The maximum absolute atomic E-state index is 12.7. The van der Waals surface area contributed by atoms with E-state index in [0.717, 1.165) is 19.2 Å². The molecule has 1 aliphatic rings. The zero-order valence-electron chi connectivity index (χ0n) is 9.43. The maximum atomic E-state index is 12.7. The van der Waals surface area contributed by atoms with Crippen molar-refractivity contribution in [3.8, 4) is 0 Å². The molecule has 1 heterocycles. The van der Waals surface area contributed by atoms with Crippen LogP contribution in [0.4, 0.5) is 18.9 Å². The van der Waals surface area contributed by atoms with Crippen molar-refractivity contribution in [3.63, 3.8) is 0 Å². The van der Waals surface area contributed by atoms with Gasteiger partial charge < -0.3 is 10.2 Å². The van der Waals surface area contributed by atoms with Crippen molar-refractivity contribution in [2.75, 3.05) is 31.1 Å². The van der Waals surface area contributed by atoms with Crippen LogP contribution in [0.1, 0.15) is 5.56 Å². The zero-order chi connectivity index (χ0) is 12.5. The average Bonchev–Trinajstić information content (AvgIpc) is 2.29. The SMILES string of the molecule is Cl.FC(F)(F)c1cc(N2CCNCC2)ccc1Cl. The van der Waals surface area contributed by atoms with Crippen LogP contribution in [-0.2, 0) is 6.18 Å². The molecule has 0 bridgehead atoms. The molecule has 2 nitrogen and oxygen atoms in total. The Morgan fingerprint density at radius 2 is 1.78 bits per heavy atom. The van der Waals surface area contributed by atoms with E-state index in [1.54, 1.807) is 6.07 Å². The molecule has 0 atom stereocenters. The Balaban J connectivity index is 0.00000162. The first-order valence-corrected chi connectivity index (χ1v) is 5.69. The molecule has 0 spiro atoms. The Hall–Kier alpha value is -0.650. The highest BCUT2D eigenvalue weighted by molar-refractivity contribution is 6.31. The average molecular weight is 301 g/mol. The van der Waals surface area contributed by atoms with Crippen LogP contribution in [-0.4, -0.2) is 26.2 Å². The van der Waals surface area contributed by atoms with Gasteiger partial charge in [0.1, 0.15) is 0 Å². The van der Waals surface area contributed by atoms with Gasteiger partial charge in [0.05, 0.1) is 10.6 Å². The topological polar surface area (TPSA) is 15.3 Å². The van der Waals surface area contributed by atoms with Gasteiger partial charge in [-0.05, 0) is 18.2 Å². The predicted octanol–water partition coefficient (Wildman–Crippen LogP) is 3.19. The summed E-state index contributed by atoms with van der Waals surface area (Å²) in [6.45, 7) is 2.98. The number of hydrogen-bond donors (Lipinski definition) is 1. The molecular formula is C11H13Cl2F3N2. The number of benzene rings is 1. The number of nitrogens with zero attached hydrogens (tertiary/aromatic N) is 1. The minimum Gasteiger partial charge on any atom is -0.369 e. The zero-order valence-corrected chi connectivity index (χ0v) is 11.0. The van der Waals surface area contributed by atoms with Gasteiger partial charge in [0.25, 0.3) is 0 Å². The summed E-state index contributed by atoms with van der Waals surface area (Å²) in [6, 6.07) is 4.05. The Labute approximate surface area is 115 Å². The number of piperazine rings is 1. The van der Waals surface area contributed by atoms with Crippen LogP contribution in [0.25, 0.3) is 0 Å². The van der Waals surface area contributed by atoms with Crippen molar-refractivity contribution in [2.45, 2.75) is 6.18 Å². The van der Waals surface area contributed by atoms with Gasteiger partial charge in [-0.15, -0.1) is 12.4 Å². The van der Waals surface area contributed by atoms with Crippen LogP contribution in [0.5, 0.6) is 0 Å². The third-order valence-corrected chi connectivity index (χ3v) is 3.07. The molecule has 0 aliphatic carbocycles. The normalized spacial score (nSPS) is 16.3. The Bertz CT molecular complexity index is 404. The summed E-state index contributed by atoms with van der Waals surface area (Å²) >= 11 is 5.57. The van der Waals surface area contributed by atoms with Gasteiger partial charge in [-0.2, -0.15) is 13.2 Å². The van der Waals surface area contributed by atoms with Crippen LogP contribution in [0.2, 0.25) is 5.02 Å². The van der Waals surface area contributed by atoms with Gasteiger partial charge in [-0.1, -0.05) is 11.6 Å². The van der Waals surface area contributed by atoms with Crippen LogP contribution >= 0.6 is 24.0 Å². The fourth-order valence-corrected chi connectivity index (χ4v) is 2.07. The van der Waals surface area contributed by atoms with E-state index in [9.17, 15) is 13.2 Å². The third kappa shape index (κ3) is 3.43. The summed E-state index contributed by atoms with van der Waals surface area (Å²) in [6.07, 6.45) is -4.40. The highest BCUT2D eigenvalue weighted by Crippen LogP contribution is 2.36. The molecule has 1 saturated heterocycles. The molecule has 0 radical (unpaired) electrons. The molecule has 18 heavy (non-hydrogen) atoms. The van der Waals surface area contributed by atoms with Crippen molar-refractivity contribution >= 4 is 29.7 Å². The van der Waals surface area contributed by atoms with Crippen molar-refractivity contribution in [1.29, 1.82) is 0 Å². The fourth-order valence-electron chi connectivity index (χ4n) is 1.85. The van der Waals surface area contributed by atoms with Crippen molar-refractivity contribution in [3.05, 3.63) is 28.8 Å². The van der Waals surface area contributed by atoms with E-state index in [1.807, 2.05) is 4.90 Å². The molecular weight excluding hydrogens is 288 g/mol. The molecule has 0 amide bonds. The van der Waals surface area contributed by atoms with Gasteiger partial charge in [0.2, 0.25) is 0 Å². The van der Waals surface area contributed by atoms with E-state index in [4.69, 9.17) is 11.6 Å². The van der Waals surface area contributed by atoms with Crippen LogP contribution in [0.3, 0.4) is 0 Å². The second-order valence-corrected chi connectivity index (χ2v) is 4.31. The van der Waals surface area contributed by atoms with Gasteiger partial charge in [0, 0.05) is 31.9 Å². The first-order valence-electron chi connectivity index (χ1n) is 5.31. The lowest BCUT2D eigenvalue weighted by Gasteiger charge is -2.30. The van der Waals surface area contributed by atoms with Crippen molar-refractivity contribution < 1.29 is 13.2 Å². The quantitative estimate of drug-likeness (QED) is 0.857. The lowest BCUT2D eigenvalue weighted by atomic mass is 10.1. The standard InChI is InChI=1S/C11H12ClF3N2.ClH/c12-10-2-1-8(7-9(10)11(13,14)15)17-5-3-16-4-6-17;/h1-2,7,16H,3-6H2;1H. The van der Waals surface area contributed by atoms with Crippen molar-refractivity contribution in [2.24, 2.45) is 0 Å². The lowest BCUT2D eigenvalue weighted by Crippen LogP contribution is -2.43. The maximum Gasteiger partial charge on any atom is 0.417 e. The Morgan fingerprint density at radius 3 is 2.33 bits per heavy atom. The van der Waals surface area contributed by atoms with E-state index in [2.05, 4.69) is 5.32 Å². The van der Waals surface area contributed by atoms with E-state index in [-0.39, 0.29) is 17.4 Å². The molecule has 1 aromatic rings. The van der Waals surface area contributed by atoms with Gasteiger partial charge >= 0.3 is 6.18 Å². The largest absolute Gasteiger partial charge is 0.417 e. The molecule has 1 fully saturated rings. The fraction of sp³-hybridized carbons (Fsp3) is 0.455.